The number of rotatable bonds is 4. The summed E-state index contributed by atoms with van der Waals surface area (Å²) in [5.41, 5.74) is 6.92. The van der Waals surface area contributed by atoms with E-state index in [-0.39, 0.29) is 0 Å². The summed E-state index contributed by atoms with van der Waals surface area (Å²) < 4.78 is 0. The SMILES string of the molecule is C=C(S)/C(C)=C(/C)C(=C)c1cc(S)c(C)cc1CC. The minimum Gasteiger partial charge on any atom is -0.144 e. The van der Waals surface area contributed by atoms with Crippen molar-refractivity contribution in [3.8, 4) is 0 Å². The molecule has 0 atom stereocenters. The van der Waals surface area contributed by atoms with E-state index in [0.717, 1.165) is 32.9 Å². The highest BCUT2D eigenvalue weighted by molar-refractivity contribution is 7.84. The fraction of sp³-hybridized carbons (Fsp3) is 0.294. The summed E-state index contributed by atoms with van der Waals surface area (Å²) in [5, 5.41) is 0. The smallest absolute Gasteiger partial charge is 0.00755 e. The van der Waals surface area contributed by atoms with Crippen LogP contribution in [0.2, 0.25) is 0 Å². The van der Waals surface area contributed by atoms with Gasteiger partial charge in [-0.2, -0.15) is 0 Å². The molecule has 2 heteroatoms. The Hall–Kier alpha value is -0.860. The average molecular weight is 290 g/mol. The number of aryl methyl sites for hydroxylation is 2. The van der Waals surface area contributed by atoms with E-state index in [9.17, 15) is 0 Å². The molecular weight excluding hydrogens is 268 g/mol. The molecule has 0 aliphatic carbocycles. The first-order valence-electron chi connectivity index (χ1n) is 6.37. The first-order chi connectivity index (χ1) is 8.79. The molecule has 0 saturated carbocycles. The number of benzene rings is 1. The van der Waals surface area contributed by atoms with Crippen molar-refractivity contribution in [1.82, 2.24) is 0 Å². The molecule has 0 heterocycles. The van der Waals surface area contributed by atoms with Crippen molar-refractivity contribution >= 4 is 30.8 Å². The first kappa shape index (κ1) is 16.2. The van der Waals surface area contributed by atoms with Gasteiger partial charge in [0.2, 0.25) is 0 Å². The van der Waals surface area contributed by atoms with E-state index >= 15 is 0 Å². The molecule has 0 aliphatic heterocycles. The van der Waals surface area contributed by atoms with Crippen LogP contribution in [-0.4, -0.2) is 0 Å². The second-order valence-corrected chi connectivity index (χ2v) is 5.85. The van der Waals surface area contributed by atoms with E-state index in [2.05, 4.69) is 71.3 Å². The zero-order valence-corrected chi connectivity index (χ0v) is 14.0. The topological polar surface area (TPSA) is 0 Å². The van der Waals surface area contributed by atoms with Crippen molar-refractivity contribution < 1.29 is 0 Å². The highest BCUT2D eigenvalue weighted by Crippen LogP contribution is 2.32. The summed E-state index contributed by atoms with van der Waals surface area (Å²) in [6.07, 6.45) is 0.984. The van der Waals surface area contributed by atoms with Gasteiger partial charge in [-0.3, -0.25) is 0 Å². The lowest BCUT2D eigenvalue weighted by Gasteiger charge is -2.16. The second kappa shape index (κ2) is 6.53. The second-order valence-electron chi connectivity index (χ2n) is 4.82. The zero-order valence-electron chi connectivity index (χ0n) is 12.2. The Morgan fingerprint density at radius 3 is 2.21 bits per heavy atom. The van der Waals surface area contributed by atoms with E-state index in [1.165, 1.54) is 16.7 Å². The molecule has 0 saturated heterocycles. The predicted octanol–water partition coefficient (Wildman–Crippen LogP) is 5.64. The molecule has 0 bridgehead atoms. The van der Waals surface area contributed by atoms with Crippen LogP contribution < -0.4 is 0 Å². The maximum absolute atomic E-state index is 4.52. The van der Waals surface area contributed by atoms with E-state index in [1.54, 1.807) is 0 Å². The standard InChI is InChI=1S/C17H22S2/c1-7-15-8-10(2)17(19)9-16(15)13(5)11(3)12(4)14(6)18/h8-9,18-19H,5-7H2,1-4H3/b12-11-. The number of hydrogen-bond donors (Lipinski definition) is 2. The normalized spacial score (nSPS) is 12.1. The molecule has 1 rings (SSSR count). The van der Waals surface area contributed by atoms with Crippen LogP contribution in [0.15, 0.2) is 46.2 Å². The molecule has 0 spiro atoms. The lowest BCUT2D eigenvalue weighted by molar-refractivity contribution is 1.10. The Morgan fingerprint density at radius 2 is 1.74 bits per heavy atom. The van der Waals surface area contributed by atoms with Crippen LogP contribution in [0.3, 0.4) is 0 Å². The van der Waals surface area contributed by atoms with Gasteiger partial charge in [0.05, 0.1) is 0 Å². The third-order valence-corrected chi connectivity index (χ3v) is 4.39. The summed E-state index contributed by atoms with van der Waals surface area (Å²) >= 11 is 8.84. The van der Waals surface area contributed by atoms with Gasteiger partial charge in [-0.1, -0.05) is 26.1 Å². The third-order valence-electron chi connectivity index (χ3n) is 3.58. The molecule has 102 valence electrons. The summed E-state index contributed by atoms with van der Waals surface area (Å²) in [6.45, 7) is 16.4. The zero-order chi connectivity index (χ0) is 14.7. The van der Waals surface area contributed by atoms with Crippen LogP contribution in [0.5, 0.6) is 0 Å². The fourth-order valence-electron chi connectivity index (χ4n) is 1.97. The molecule has 0 unspecified atom stereocenters. The molecule has 0 fully saturated rings. The Labute approximate surface area is 128 Å². The van der Waals surface area contributed by atoms with Gasteiger partial charge in [-0.15, -0.1) is 25.3 Å². The Bertz CT molecular complexity index is 563. The van der Waals surface area contributed by atoms with Crippen LogP contribution in [0, 0.1) is 6.92 Å². The van der Waals surface area contributed by atoms with Crippen LogP contribution >= 0.6 is 25.3 Å². The Balaban J connectivity index is 3.39. The maximum atomic E-state index is 4.52. The summed E-state index contributed by atoms with van der Waals surface area (Å²) in [5.74, 6) is 0. The van der Waals surface area contributed by atoms with Crippen LogP contribution in [0.4, 0.5) is 0 Å². The lowest BCUT2D eigenvalue weighted by atomic mass is 9.91. The van der Waals surface area contributed by atoms with Crippen molar-refractivity contribution in [2.75, 3.05) is 0 Å². The van der Waals surface area contributed by atoms with Gasteiger partial charge >= 0.3 is 0 Å². The van der Waals surface area contributed by atoms with E-state index in [1.807, 2.05) is 6.92 Å². The first-order valence-corrected chi connectivity index (χ1v) is 7.26. The Morgan fingerprint density at radius 1 is 1.16 bits per heavy atom. The molecule has 0 amide bonds. The number of allylic oxidation sites excluding steroid dienone is 3. The summed E-state index contributed by atoms with van der Waals surface area (Å²) in [6, 6.07) is 4.30. The van der Waals surface area contributed by atoms with Crippen molar-refractivity contribution in [3.05, 3.63) is 58.0 Å². The fourth-order valence-corrected chi connectivity index (χ4v) is 2.34. The predicted molar refractivity (Wildman–Crippen MR) is 93.3 cm³/mol. The number of hydrogen-bond acceptors (Lipinski definition) is 2. The quantitative estimate of drug-likeness (QED) is 0.520. The van der Waals surface area contributed by atoms with E-state index in [0.29, 0.717) is 0 Å². The van der Waals surface area contributed by atoms with Crippen molar-refractivity contribution in [1.29, 1.82) is 0 Å². The molecule has 0 radical (unpaired) electrons. The van der Waals surface area contributed by atoms with Gasteiger partial charge in [0.25, 0.3) is 0 Å². The van der Waals surface area contributed by atoms with E-state index < -0.39 is 0 Å². The minimum atomic E-state index is 0.787. The van der Waals surface area contributed by atoms with Gasteiger partial charge in [-0.25, -0.2) is 0 Å². The van der Waals surface area contributed by atoms with Crippen molar-refractivity contribution in [2.45, 2.75) is 39.0 Å². The van der Waals surface area contributed by atoms with Gasteiger partial charge in [0.1, 0.15) is 0 Å². The molecule has 19 heavy (non-hydrogen) atoms. The lowest BCUT2D eigenvalue weighted by Crippen LogP contribution is -1.97. The molecular formula is C17H22S2. The molecule has 0 aromatic heterocycles. The third kappa shape index (κ3) is 3.58. The van der Waals surface area contributed by atoms with Crippen molar-refractivity contribution in [2.24, 2.45) is 0 Å². The average Bonchev–Trinajstić information content (AvgIpc) is 2.38. The van der Waals surface area contributed by atoms with Gasteiger partial charge in [0.15, 0.2) is 0 Å². The summed E-state index contributed by atoms with van der Waals surface area (Å²) in [7, 11) is 0. The van der Waals surface area contributed by atoms with Crippen LogP contribution in [0.1, 0.15) is 37.5 Å². The Kier molecular flexibility index (Phi) is 5.57. The maximum Gasteiger partial charge on any atom is 0.00755 e. The molecule has 0 nitrogen and oxygen atoms in total. The highest BCUT2D eigenvalue weighted by Gasteiger charge is 2.11. The van der Waals surface area contributed by atoms with E-state index in [4.69, 9.17) is 0 Å². The summed E-state index contributed by atoms with van der Waals surface area (Å²) in [4.78, 5) is 1.79. The highest BCUT2D eigenvalue weighted by atomic mass is 32.1. The van der Waals surface area contributed by atoms with Gasteiger partial charge < -0.3 is 0 Å². The molecule has 0 N–H and O–H groups in total. The number of thiol groups is 2. The molecule has 1 aromatic carbocycles. The largest absolute Gasteiger partial charge is 0.144 e. The van der Waals surface area contributed by atoms with Crippen LogP contribution in [0.25, 0.3) is 5.57 Å². The molecule has 1 aromatic rings. The molecule has 0 aliphatic rings. The monoisotopic (exact) mass is 290 g/mol. The van der Waals surface area contributed by atoms with Gasteiger partial charge in [-0.05, 0) is 66.7 Å². The van der Waals surface area contributed by atoms with Crippen molar-refractivity contribution in [3.63, 3.8) is 0 Å². The minimum absolute atomic E-state index is 0.787. The van der Waals surface area contributed by atoms with Gasteiger partial charge in [0, 0.05) is 9.80 Å². The van der Waals surface area contributed by atoms with Crippen LogP contribution in [-0.2, 0) is 6.42 Å².